The first kappa shape index (κ1) is 68.6. The Morgan fingerprint density at radius 3 is 1.00 bits per heavy atom. The monoisotopic (exact) mass is 1540 g/mol. The molecule has 550 valence electrons. The van der Waals surface area contributed by atoms with E-state index in [-0.39, 0.29) is 0 Å². The molecule has 0 amide bonds. The predicted molar refractivity (Wildman–Crippen MR) is 499 cm³/mol. The minimum atomic E-state index is 0.919. The van der Waals surface area contributed by atoms with E-state index in [2.05, 4.69) is 351 Å². The number of furan rings is 1. The quantitative estimate of drug-likeness (QED) is 0.147. The van der Waals surface area contributed by atoms with Gasteiger partial charge in [-0.15, -0.1) is 22.7 Å². The van der Waals surface area contributed by atoms with Gasteiger partial charge in [0.1, 0.15) is 11.2 Å². The Labute approximate surface area is 685 Å². The molecular weight excluding hydrogens is 1470 g/mol. The van der Waals surface area contributed by atoms with Gasteiger partial charge in [-0.1, -0.05) is 297 Å². The highest BCUT2D eigenvalue weighted by Gasteiger charge is 2.20. The number of hydrogen-bond acceptors (Lipinski definition) is 9. The number of nitrogens with zero attached hydrogens (tertiary/aromatic N) is 6. The SMILES string of the molecule is Cc1ccc2c(c1)c1cc(-c3cccc(-c4cccc5c4sc4ccccc45)c3)ccc1c1nccnc21.c1ccc(-c2ccc3c(c2)c2cc(-c4cccc(-c5cccc6c5sc5ccccc56)c4)ccc2c2nccnc32)cc1.c1ccc2c(c1)oc1c(-c3ccc(-c4ccc5c(c4)c4ccccc4c4nccnc54)cc3)cccc12. The van der Waals surface area contributed by atoms with E-state index in [1.165, 1.54) is 145 Å². The number of hydrogen-bond donors (Lipinski definition) is 0. The molecule has 0 saturated heterocycles. The molecule has 0 aliphatic rings. The Kier molecular flexibility index (Phi) is 16.4. The van der Waals surface area contributed by atoms with Crippen LogP contribution in [-0.4, -0.2) is 29.9 Å². The lowest BCUT2D eigenvalue weighted by Gasteiger charge is -2.13. The van der Waals surface area contributed by atoms with Crippen molar-refractivity contribution in [3.63, 3.8) is 0 Å². The van der Waals surface area contributed by atoms with E-state index in [0.29, 0.717) is 0 Å². The van der Waals surface area contributed by atoms with Gasteiger partial charge in [-0.3, -0.25) is 29.9 Å². The van der Waals surface area contributed by atoms with Crippen molar-refractivity contribution in [3.8, 4) is 77.9 Å². The van der Waals surface area contributed by atoms with Gasteiger partial charge in [0.2, 0.25) is 0 Å². The van der Waals surface area contributed by atoms with Gasteiger partial charge in [-0.2, -0.15) is 0 Å². The van der Waals surface area contributed by atoms with Gasteiger partial charge < -0.3 is 4.42 Å². The summed E-state index contributed by atoms with van der Waals surface area (Å²) < 4.78 is 11.6. The Hall–Kier alpha value is -15.0. The average Bonchev–Trinajstić information content (AvgIpc) is 1.34. The van der Waals surface area contributed by atoms with E-state index >= 15 is 0 Å². The molecule has 0 N–H and O–H groups in total. The summed E-state index contributed by atoms with van der Waals surface area (Å²) in [5.74, 6) is 0. The van der Waals surface area contributed by atoms with Crippen LogP contribution in [0.5, 0.6) is 0 Å². The summed E-state index contributed by atoms with van der Waals surface area (Å²) in [7, 11) is 0. The van der Waals surface area contributed by atoms with Crippen LogP contribution in [0.15, 0.2) is 387 Å². The molecule has 6 heterocycles. The lowest BCUT2D eigenvalue weighted by atomic mass is 9.92. The van der Waals surface area contributed by atoms with Crippen LogP contribution in [0, 0.1) is 6.92 Å². The molecule has 19 aromatic carbocycles. The summed E-state index contributed by atoms with van der Waals surface area (Å²) in [6.07, 6.45) is 10.7. The standard InChI is InChI=1S/C40H24N2S.C35H22N2S.C34H20N2O/c1-2-8-25(9-3-1)27-16-18-32-35(23-27)36-24-28(17-19-33(36)39-38(32)41-20-21-42-39)26-10-6-11-29(22-26)30-13-7-14-34-31-12-4-5-15-37(31)43-40(30)34;1-21-12-14-27-30(18-21)31-20-23(13-15-28(31)34-33(27)36-16-17-37-34)22-6-4-7-24(19-22)25-9-5-10-29-26-8-2-3-11-32(26)38-35(25)29;1-2-8-27-25(6-1)30-20-23(16-17-28(30)33-32(27)35-18-19-36-33)21-12-14-22(15-13-21)24-9-5-10-29-26-7-3-4-11-31(26)37-34(24)29/h1-24H;2-20H,1H3;1-20H. The Morgan fingerprint density at radius 2 is 0.508 bits per heavy atom. The zero-order valence-corrected chi connectivity index (χ0v) is 65.4. The Morgan fingerprint density at radius 1 is 0.195 bits per heavy atom. The van der Waals surface area contributed by atoms with Gasteiger partial charge in [-0.25, -0.2) is 0 Å². The van der Waals surface area contributed by atoms with Gasteiger partial charge in [0, 0.05) is 126 Å². The fourth-order valence-corrected chi connectivity index (χ4v) is 20.4. The summed E-state index contributed by atoms with van der Waals surface area (Å²) in [5.41, 5.74) is 25.6. The van der Waals surface area contributed by atoms with Crippen molar-refractivity contribution in [2.75, 3.05) is 0 Å². The number of aryl methyl sites for hydroxylation is 1. The zero-order valence-electron chi connectivity index (χ0n) is 63.8. The van der Waals surface area contributed by atoms with E-state index in [1.807, 2.05) is 34.8 Å². The van der Waals surface area contributed by atoms with Crippen LogP contribution in [0.3, 0.4) is 0 Å². The second-order valence-corrected chi connectivity index (χ2v) is 32.4. The van der Waals surface area contributed by atoms with Gasteiger partial charge in [0.05, 0.1) is 33.1 Å². The molecule has 0 atom stereocenters. The number of para-hydroxylation sites is 2. The topological polar surface area (TPSA) is 90.5 Å². The molecule has 0 aliphatic heterocycles. The molecule has 0 aliphatic carbocycles. The highest BCUT2D eigenvalue weighted by molar-refractivity contribution is 7.26. The minimum Gasteiger partial charge on any atom is -0.455 e. The first-order valence-corrected chi connectivity index (χ1v) is 41.4. The third kappa shape index (κ3) is 11.6. The maximum Gasteiger partial charge on any atom is 0.143 e. The Bertz CT molecular complexity index is 8380. The van der Waals surface area contributed by atoms with E-state index in [4.69, 9.17) is 24.4 Å². The van der Waals surface area contributed by atoms with Crippen LogP contribution >= 0.6 is 22.7 Å². The molecule has 9 heteroatoms. The van der Waals surface area contributed by atoms with Crippen LogP contribution in [0.2, 0.25) is 0 Å². The molecule has 0 saturated carbocycles. The summed E-state index contributed by atoms with van der Waals surface area (Å²) in [6.45, 7) is 2.15. The zero-order chi connectivity index (χ0) is 77.9. The summed E-state index contributed by atoms with van der Waals surface area (Å²) in [6, 6.07) is 124. The van der Waals surface area contributed by atoms with Crippen LogP contribution in [0.1, 0.15) is 5.56 Å². The van der Waals surface area contributed by atoms with Gasteiger partial charge in [-0.05, 0) is 166 Å². The second-order valence-electron chi connectivity index (χ2n) is 30.3. The minimum absolute atomic E-state index is 0.919. The molecule has 6 aromatic heterocycles. The average molecular weight is 1540 g/mol. The van der Waals surface area contributed by atoms with Gasteiger partial charge in [0.25, 0.3) is 0 Å². The first-order valence-electron chi connectivity index (χ1n) is 39.7. The lowest BCUT2D eigenvalue weighted by Crippen LogP contribution is -1.90. The molecule has 0 unspecified atom stereocenters. The molecule has 118 heavy (non-hydrogen) atoms. The molecule has 7 nitrogen and oxygen atoms in total. The predicted octanol–water partition coefficient (Wildman–Crippen LogP) is 30.4. The largest absolute Gasteiger partial charge is 0.455 e. The lowest BCUT2D eigenvalue weighted by molar-refractivity contribution is 0.670. The van der Waals surface area contributed by atoms with Crippen LogP contribution in [0.25, 0.3) is 238 Å². The van der Waals surface area contributed by atoms with Gasteiger partial charge >= 0.3 is 0 Å². The number of rotatable bonds is 7. The number of fused-ring (bicyclic) bond motifs is 27. The molecule has 0 radical (unpaired) electrons. The summed E-state index contributed by atoms with van der Waals surface area (Å²) >= 11 is 3.75. The summed E-state index contributed by atoms with van der Waals surface area (Å²) in [4.78, 5) is 28.3. The number of thiophene rings is 2. The molecule has 25 aromatic rings. The third-order valence-electron chi connectivity index (χ3n) is 23.5. The number of benzene rings is 19. The van der Waals surface area contributed by atoms with Crippen molar-refractivity contribution in [3.05, 3.63) is 389 Å². The fraction of sp³-hybridized carbons (Fsp3) is 0.00917. The van der Waals surface area contributed by atoms with Gasteiger partial charge in [0.15, 0.2) is 0 Å². The second kappa shape index (κ2) is 28.2. The molecule has 0 fully saturated rings. The van der Waals surface area contributed by atoms with Crippen molar-refractivity contribution in [1.82, 2.24) is 29.9 Å². The van der Waals surface area contributed by atoms with E-state index in [1.54, 1.807) is 37.2 Å². The van der Waals surface area contributed by atoms with Crippen molar-refractivity contribution in [2.24, 2.45) is 0 Å². The molecular formula is C109H66N6OS2. The summed E-state index contributed by atoms with van der Waals surface area (Å²) in [5, 5.41) is 21.6. The molecule has 0 bridgehead atoms. The molecule has 25 rings (SSSR count). The van der Waals surface area contributed by atoms with Crippen molar-refractivity contribution < 1.29 is 4.42 Å². The van der Waals surface area contributed by atoms with Crippen LogP contribution in [0.4, 0.5) is 0 Å². The van der Waals surface area contributed by atoms with Crippen molar-refractivity contribution in [2.45, 2.75) is 6.92 Å². The smallest absolute Gasteiger partial charge is 0.143 e. The van der Waals surface area contributed by atoms with Crippen molar-refractivity contribution >= 4 is 183 Å². The maximum absolute atomic E-state index is 6.27. The molecule has 0 spiro atoms. The van der Waals surface area contributed by atoms with E-state index < -0.39 is 0 Å². The number of aromatic nitrogens is 6. The first-order chi connectivity index (χ1) is 58.4. The normalized spacial score (nSPS) is 11.8. The van der Waals surface area contributed by atoms with E-state index in [9.17, 15) is 0 Å². The Balaban J connectivity index is 0.000000104. The maximum atomic E-state index is 6.27. The third-order valence-corrected chi connectivity index (χ3v) is 26.0. The highest BCUT2D eigenvalue weighted by atomic mass is 32.1. The highest BCUT2D eigenvalue weighted by Crippen LogP contribution is 2.47. The van der Waals surface area contributed by atoms with Crippen LogP contribution < -0.4 is 0 Å². The van der Waals surface area contributed by atoms with E-state index in [0.717, 1.165) is 98.5 Å². The van der Waals surface area contributed by atoms with Crippen LogP contribution in [-0.2, 0) is 0 Å². The van der Waals surface area contributed by atoms with Crippen molar-refractivity contribution in [1.29, 1.82) is 0 Å². The fourth-order valence-electron chi connectivity index (χ4n) is 18.0.